The lowest BCUT2D eigenvalue weighted by atomic mass is 10.1. The van der Waals surface area contributed by atoms with Gasteiger partial charge in [-0.05, 0) is 25.8 Å². The minimum Gasteiger partial charge on any atom is -0.550 e. The van der Waals surface area contributed by atoms with E-state index in [1.54, 1.807) is 6.92 Å². The maximum atomic E-state index is 11.8. The molecule has 0 fully saturated rings. The monoisotopic (exact) mass is 327 g/mol. The molecule has 0 aliphatic carbocycles. The van der Waals surface area contributed by atoms with Crippen molar-refractivity contribution in [2.24, 2.45) is 5.73 Å². The summed E-state index contributed by atoms with van der Waals surface area (Å²) in [5, 5.41) is 12.8. The number of ether oxygens (including phenoxy) is 1. The average molecular weight is 327 g/mol. The highest BCUT2D eigenvalue weighted by Gasteiger charge is 2.24. The number of amides is 2. The van der Waals surface area contributed by atoms with Gasteiger partial charge in [-0.25, -0.2) is 4.79 Å². The molecule has 22 heavy (non-hydrogen) atoms. The van der Waals surface area contributed by atoms with Crippen LogP contribution in [0, 0.1) is 6.92 Å². The topological polar surface area (TPSA) is 139 Å². The summed E-state index contributed by atoms with van der Waals surface area (Å²) >= 11 is 0.855. The molecule has 1 aromatic heterocycles. The SMILES string of the molecule is CCOC(=O)c1sc(NC(=O)CCC(=O)[O-])c(C(N)=O)c1C. The van der Waals surface area contributed by atoms with Crippen LogP contribution in [0.15, 0.2) is 0 Å². The number of carbonyl (C=O) groups is 4. The van der Waals surface area contributed by atoms with Crippen LogP contribution in [0.5, 0.6) is 0 Å². The van der Waals surface area contributed by atoms with E-state index in [1.165, 1.54) is 6.92 Å². The number of nitrogens with one attached hydrogen (secondary N) is 1. The fourth-order valence-electron chi connectivity index (χ4n) is 1.69. The van der Waals surface area contributed by atoms with Crippen LogP contribution in [0.3, 0.4) is 0 Å². The Bertz CT molecular complexity index is 622. The predicted molar refractivity (Wildman–Crippen MR) is 76.4 cm³/mol. The zero-order chi connectivity index (χ0) is 16.9. The number of carbonyl (C=O) groups excluding carboxylic acids is 4. The molecule has 1 heterocycles. The van der Waals surface area contributed by atoms with E-state index in [2.05, 4.69) is 5.32 Å². The number of nitrogens with two attached hydrogens (primary N) is 1. The largest absolute Gasteiger partial charge is 0.550 e. The van der Waals surface area contributed by atoms with E-state index in [4.69, 9.17) is 10.5 Å². The Morgan fingerprint density at radius 2 is 1.91 bits per heavy atom. The predicted octanol–water partition coefficient (Wildman–Crippen LogP) is -0.199. The first-order chi connectivity index (χ1) is 10.3. The molecule has 0 aromatic carbocycles. The van der Waals surface area contributed by atoms with Crippen LogP contribution in [0.25, 0.3) is 0 Å². The van der Waals surface area contributed by atoms with Crippen LogP contribution in [-0.2, 0) is 14.3 Å². The smallest absolute Gasteiger partial charge is 0.348 e. The van der Waals surface area contributed by atoms with Gasteiger partial charge in [0.05, 0.1) is 12.2 Å². The lowest BCUT2D eigenvalue weighted by Crippen LogP contribution is -2.24. The van der Waals surface area contributed by atoms with Crippen molar-refractivity contribution < 1.29 is 29.0 Å². The molecule has 0 spiro atoms. The van der Waals surface area contributed by atoms with Crippen molar-refractivity contribution in [2.45, 2.75) is 26.7 Å². The number of hydrogen-bond acceptors (Lipinski definition) is 7. The van der Waals surface area contributed by atoms with Crippen molar-refractivity contribution in [3.8, 4) is 0 Å². The highest BCUT2D eigenvalue weighted by atomic mass is 32.1. The van der Waals surface area contributed by atoms with Crippen LogP contribution in [0.1, 0.15) is 45.4 Å². The van der Waals surface area contributed by atoms with Crippen molar-refractivity contribution in [1.29, 1.82) is 0 Å². The quantitative estimate of drug-likeness (QED) is 0.665. The number of carboxylic acids is 1. The highest BCUT2D eigenvalue weighted by Crippen LogP contribution is 2.33. The average Bonchev–Trinajstić information content (AvgIpc) is 2.73. The van der Waals surface area contributed by atoms with Gasteiger partial charge in [-0.1, -0.05) is 0 Å². The molecule has 3 N–H and O–H groups in total. The molecule has 0 bridgehead atoms. The van der Waals surface area contributed by atoms with Gasteiger partial charge in [-0.3, -0.25) is 9.59 Å². The van der Waals surface area contributed by atoms with Crippen LogP contribution in [-0.4, -0.2) is 30.4 Å². The lowest BCUT2D eigenvalue weighted by molar-refractivity contribution is -0.305. The summed E-state index contributed by atoms with van der Waals surface area (Å²) in [6.07, 6.45) is -0.765. The van der Waals surface area contributed by atoms with Gasteiger partial charge in [0.2, 0.25) is 5.91 Å². The van der Waals surface area contributed by atoms with Crippen LogP contribution >= 0.6 is 11.3 Å². The van der Waals surface area contributed by atoms with Gasteiger partial charge in [0.25, 0.3) is 5.91 Å². The van der Waals surface area contributed by atoms with Gasteiger partial charge in [0.1, 0.15) is 9.88 Å². The van der Waals surface area contributed by atoms with Crippen molar-refractivity contribution in [3.63, 3.8) is 0 Å². The number of rotatable bonds is 7. The summed E-state index contributed by atoms with van der Waals surface area (Å²) in [4.78, 5) is 45.4. The highest BCUT2D eigenvalue weighted by molar-refractivity contribution is 7.18. The Kier molecular flexibility index (Phi) is 6.05. The zero-order valence-electron chi connectivity index (χ0n) is 12.1. The van der Waals surface area contributed by atoms with Crippen molar-refractivity contribution >= 4 is 40.1 Å². The Balaban J connectivity index is 3.05. The summed E-state index contributed by atoms with van der Waals surface area (Å²) in [7, 11) is 0. The Labute approximate surface area is 130 Å². The van der Waals surface area contributed by atoms with Crippen LogP contribution in [0.4, 0.5) is 5.00 Å². The number of thiophene rings is 1. The third-order valence-electron chi connectivity index (χ3n) is 2.66. The standard InChI is InChI=1S/C13H16N2O6S/c1-3-21-13(20)10-6(2)9(11(14)19)12(22-10)15-7(16)4-5-8(17)18/h3-5H2,1-2H3,(H2,14,19)(H,15,16)(H,17,18)/p-1. The zero-order valence-corrected chi connectivity index (χ0v) is 12.9. The maximum Gasteiger partial charge on any atom is 0.348 e. The molecule has 9 heteroatoms. The van der Waals surface area contributed by atoms with Crippen molar-refractivity contribution in [3.05, 3.63) is 16.0 Å². The maximum absolute atomic E-state index is 11.8. The summed E-state index contributed by atoms with van der Waals surface area (Å²) < 4.78 is 4.86. The molecular weight excluding hydrogens is 312 g/mol. The Morgan fingerprint density at radius 3 is 2.41 bits per heavy atom. The fourth-order valence-corrected chi connectivity index (χ4v) is 2.82. The molecule has 0 aliphatic rings. The number of primary amides is 1. The van der Waals surface area contributed by atoms with E-state index < -0.39 is 30.2 Å². The molecule has 0 aliphatic heterocycles. The molecule has 0 saturated heterocycles. The first kappa shape index (κ1) is 17.6. The number of hydrogen-bond donors (Lipinski definition) is 2. The van der Waals surface area contributed by atoms with Crippen LogP contribution < -0.4 is 16.2 Å². The third-order valence-corrected chi connectivity index (χ3v) is 3.85. The molecular formula is C13H15N2O6S-. The first-order valence-electron chi connectivity index (χ1n) is 6.37. The van der Waals surface area contributed by atoms with Crippen molar-refractivity contribution in [1.82, 2.24) is 0 Å². The van der Waals surface area contributed by atoms with E-state index in [1.807, 2.05) is 0 Å². The van der Waals surface area contributed by atoms with E-state index in [-0.39, 0.29) is 28.5 Å². The second-order valence-electron chi connectivity index (χ2n) is 4.27. The second kappa shape index (κ2) is 7.55. The Morgan fingerprint density at radius 1 is 1.27 bits per heavy atom. The van der Waals surface area contributed by atoms with Gasteiger partial charge in [-0.15, -0.1) is 11.3 Å². The van der Waals surface area contributed by atoms with Crippen molar-refractivity contribution in [2.75, 3.05) is 11.9 Å². The molecule has 0 saturated carbocycles. The molecule has 8 nitrogen and oxygen atoms in total. The van der Waals surface area contributed by atoms with Gasteiger partial charge in [0, 0.05) is 12.4 Å². The normalized spacial score (nSPS) is 10.1. The summed E-state index contributed by atoms with van der Waals surface area (Å²) in [6.45, 7) is 3.31. The second-order valence-corrected chi connectivity index (χ2v) is 5.29. The van der Waals surface area contributed by atoms with Gasteiger partial charge < -0.3 is 25.7 Å². The minimum atomic E-state index is -1.36. The molecule has 0 atom stereocenters. The van der Waals surface area contributed by atoms with Gasteiger partial charge in [0.15, 0.2) is 0 Å². The molecule has 120 valence electrons. The molecule has 1 rings (SSSR count). The minimum absolute atomic E-state index is 0.00912. The Hall–Kier alpha value is -2.42. The van der Waals surface area contributed by atoms with Crippen LogP contribution in [0.2, 0.25) is 0 Å². The van der Waals surface area contributed by atoms with E-state index >= 15 is 0 Å². The molecule has 0 unspecified atom stereocenters. The summed E-state index contributed by atoms with van der Waals surface area (Å²) in [5.74, 6) is -3.41. The number of esters is 1. The molecule has 1 aromatic rings. The summed E-state index contributed by atoms with van der Waals surface area (Å²) in [6, 6.07) is 0. The number of carboxylic acid groups (broad SMARTS) is 1. The number of aliphatic carboxylic acids is 1. The lowest BCUT2D eigenvalue weighted by Gasteiger charge is -2.05. The van der Waals surface area contributed by atoms with Gasteiger partial charge in [-0.2, -0.15) is 0 Å². The van der Waals surface area contributed by atoms with E-state index in [0.717, 1.165) is 11.3 Å². The fraction of sp³-hybridized carbons (Fsp3) is 0.385. The third kappa shape index (κ3) is 4.29. The molecule has 0 radical (unpaired) electrons. The van der Waals surface area contributed by atoms with Gasteiger partial charge >= 0.3 is 5.97 Å². The number of anilines is 1. The van der Waals surface area contributed by atoms with E-state index in [0.29, 0.717) is 5.56 Å². The first-order valence-corrected chi connectivity index (χ1v) is 7.19. The molecule has 2 amide bonds. The summed E-state index contributed by atoms with van der Waals surface area (Å²) in [5.41, 5.74) is 5.58. The van der Waals surface area contributed by atoms with E-state index in [9.17, 15) is 24.3 Å².